The number of likely N-dealkylation sites (tertiary alicyclic amines) is 1. The first-order chi connectivity index (χ1) is 8.81. The molecule has 1 aliphatic heterocycles. The number of amides is 1. The molecule has 1 amide bonds. The molecule has 0 aromatic heterocycles. The molecule has 2 rings (SSSR count). The lowest BCUT2D eigenvalue weighted by molar-refractivity contribution is -0.137. The summed E-state index contributed by atoms with van der Waals surface area (Å²) in [7, 11) is 2.01. The number of hydrogen-bond acceptors (Lipinski definition) is 2. The second-order valence-electron chi connectivity index (χ2n) is 6.04. The molecule has 1 atom stereocenters. The number of piperidine rings is 1. The van der Waals surface area contributed by atoms with Crippen LogP contribution in [-0.4, -0.2) is 37.5 Å². The predicted octanol–water partition coefficient (Wildman–Crippen LogP) is 2.41. The van der Waals surface area contributed by atoms with Crippen LogP contribution in [0.2, 0.25) is 0 Å². The Morgan fingerprint density at radius 2 is 1.83 bits per heavy atom. The van der Waals surface area contributed by atoms with Crippen LogP contribution in [0.5, 0.6) is 0 Å². The van der Waals surface area contributed by atoms with E-state index >= 15 is 0 Å². The first-order valence-corrected chi connectivity index (χ1v) is 7.74. The Morgan fingerprint density at radius 3 is 2.50 bits per heavy atom. The highest BCUT2D eigenvalue weighted by molar-refractivity contribution is 5.79. The van der Waals surface area contributed by atoms with Gasteiger partial charge in [-0.25, -0.2) is 0 Å². The average molecular weight is 252 g/mol. The van der Waals surface area contributed by atoms with Gasteiger partial charge in [0.05, 0.1) is 0 Å². The van der Waals surface area contributed by atoms with Crippen molar-refractivity contribution in [2.75, 3.05) is 26.7 Å². The van der Waals surface area contributed by atoms with E-state index in [9.17, 15) is 4.79 Å². The zero-order chi connectivity index (χ0) is 12.8. The molecule has 1 aliphatic carbocycles. The van der Waals surface area contributed by atoms with Gasteiger partial charge in [0.25, 0.3) is 0 Å². The Morgan fingerprint density at radius 1 is 1.11 bits per heavy atom. The Bertz CT molecular complexity index is 257. The van der Waals surface area contributed by atoms with Gasteiger partial charge in [0.15, 0.2) is 0 Å². The lowest BCUT2D eigenvalue weighted by Crippen LogP contribution is -2.44. The third-order valence-corrected chi connectivity index (χ3v) is 4.53. The second kappa shape index (κ2) is 7.13. The van der Waals surface area contributed by atoms with Gasteiger partial charge in [0.2, 0.25) is 5.91 Å². The van der Waals surface area contributed by atoms with Gasteiger partial charge in [-0.3, -0.25) is 4.79 Å². The molecule has 2 fully saturated rings. The Kier molecular flexibility index (Phi) is 5.48. The summed E-state index contributed by atoms with van der Waals surface area (Å²) in [6.07, 6.45) is 9.88. The fraction of sp³-hybridized carbons (Fsp3) is 0.933. The van der Waals surface area contributed by atoms with Crippen LogP contribution >= 0.6 is 0 Å². The molecule has 104 valence electrons. The van der Waals surface area contributed by atoms with Crippen LogP contribution in [0.1, 0.15) is 51.4 Å². The third kappa shape index (κ3) is 3.71. The standard InChI is InChI=1S/C15H28N2O/c1-16-11-13-7-6-10-17(12-13)15(18)14-8-4-2-3-5-9-14/h13-14,16H,2-12H2,1H3. The Hall–Kier alpha value is -0.570. The fourth-order valence-electron chi connectivity index (χ4n) is 3.51. The first-order valence-electron chi connectivity index (χ1n) is 7.74. The molecule has 3 heteroatoms. The maximum atomic E-state index is 12.6. The molecule has 0 aromatic rings. The van der Waals surface area contributed by atoms with Gasteiger partial charge in [-0.05, 0) is 45.2 Å². The summed E-state index contributed by atoms with van der Waals surface area (Å²) in [5, 5.41) is 3.25. The van der Waals surface area contributed by atoms with E-state index in [0.717, 1.165) is 32.5 Å². The van der Waals surface area contributed by atoms with Crippen molar-refractivity contribution in [3.63, 3.8) is 0 Å². The summed E-state index contributed by atoms with van der Waals surface area (Å²) in [5.41, 5.74) is 0. The van der Waals surface area contributed by atoms with Gasteiger partial charge in [0.1, 0.15) is 0 Å². The molecule has 1 saturated carbocycles. The van der Waals surface area contributed by atoms with Crippen molar-refractivity contribution < 1.29 is 4.79 Å². The van der Waals surface area contributed by atoms with E-state index in [0.29, 0.717) is 17.7 Å². The Balaban J connectivity index is 1.86. The number of hydrogen-bond donors (Lipinski definition) is 1. The minimum Gasteiger partial charge on any atom is -0.342 e. The van der Waals surface area contributed by atoms with Crippen LogP contribution in [-0.2, 0) is 4.79 Å². The minimum atomic E-state index is 0.334. The van der Waals surface area contributed by atoms with E-state index in [1.165, 1.54) is 38.5 Å². The molecular formula is C15H28N2O. The van der Waals surface area contributed by atoms with Gasteiger partial charge in [-0.2, -0.15) is 0 Å². The van der Waals surface area contributed by atoms with Crippen molar-refractivity contribution in [2.45, 2.75) is 51.4 Å². The summed E-state index contributed by atoms with van der Waals surface area (Å²) in [6.45, 7) is 3.03. The van der Waals surface area contributed by atoms with Crippen molar-refractivity contribution >= 4 is 5.91 Å². The lowest BCUT2D eigenvalue weighted by Gasteiger charge is -2.35. The van der Waals surface area contributed by atoms with Crippen LogP contribution in [0.25, 0.3) is 0 Å². The number of nitrogens with zero attached hydrogens (tertiary/aromatic N) is 1. The molecular weight excluding hydrogens is 224 g/mol. The third-order valence-electron chi connectivity index (χ3n) is 4.53. The van der Waals surface area contributed by atoms with Gasteiger partial charge in [-0.1, -0.05) is 25.7 Å². The monoisotopic (exact) mass is 252 g/mol. The van der Waals surface area contributed by atoms with Gasteiger partial charge < -0.3 is 10.2 Å². The van der Waals surface area contributed by atoms with Crippen molar-refractivity contribution in [2.24, 2.45) is 11.8 Å². The van der Waals surface area contributed by atoms with E-state index in [1.54, 1.807) is 0 Å². The molecule has 3 nitrogen and oxygen atoms in total. The molecule has 2 aliphatic rings. The number of nitrogens with one attached hydrogen (secondary N) is 1. The molecule has 0 spiro atoms. The van der Waals surface area contributed by atoms with Crippen LogP contribution in [0.3, 0.4) is 0 Å². The quantitative estimate of drug-likeness (QED) is 0.782. The summed E-state index contributed by atoms with van der Waals surface area (Å²) < 4.78 is 0. The van der Waals surface area contributed by atoms with Crippen LogP contribution in [0, 0.1) is 11.8 Å². The number of carbonyl (C=O) groups is 1. The molecule has 1 unspecified atom stereocenters. The minimum absolute atomic E-state index is 0.334. The zero-order valence-corrected chi connectivity index (χ0v) is 11.8. The SMILES string of the molecule is CNCC1CCCN(C(=O)C2CCCCCC2)C1. The van der Waals surface area contributed by atoms with E-state index in [1.807, 2.05) is 7.05 Å². The summed E-state index contributed by atoms with van der Waals surface area (Å²) in [6, 6.07) is 0. The molecule has 0 radical (unpaired) electrons. The van der Waals surface area contributed by atoms with Gasteiger partial charge in [0, 0.05) is 19.0 Å². The highest BCUT2D eigenvalue weighted by Gasteiger charge is 2.28. The first kappa shape index (κ1) is 13.9. The highest BCUT2D eigenvalue weighted by atomic mass is 16.2. The topological polar surface area (TPSA) is 32.3 Å². The van der Waals surface area contributed by atoms with E-state index < -0.39 is 0 Å². The van der Waals surface area contributed by atoms with Crippen LogP contribution < -0.4 is 5.32 Å². The van der Waals surface area contributed by atoms with Crippen LogP contribution in [0.15, 0.2) is 0 Å². The molecule has 0 bridgehead atoms. The average Bonchev–Trinajstić information content (AvgIpc) is 2.67. The number of carbonyl (C=O) groups excluding carboxylic acids is 1. The fourth-order valence-corrected chi connectivity index (χ4v) is 3.51. The predicted molar refractivity (Wildman–Crippen MR) is 74.4 cm³/mol. The lowest BCUT2D eigenvalue weighted by atomic mass is 9.94. The summed E-state index contributed by atoms with van der Waals surface area (Å²) in [4.78, 5) is 14.7. The van der Waals surface area contributed by atoms with Gasteiger partial charge in [-0.15, -0.1) is 0 Å². The zero-order valence-electron chi connectivity index (χ0n) is 11.8. The summed E-state index contributed by atoms with van der Waals surface area (Å²) >= 11 is 0. The van der Waals surface area contributed by atoms with Crippen molar-refractivity contribution in [1.82, 2.24) is 10.2 Å². The molecule has 18 heavy (non-hydrogen) atoms. The van der Waals surface area contributed by atoms with Crippen molar-refractivity contribution in [1.29, 1.82) is 0 Å². The van der Waals surface area contributed by atoms with E-state index in [2.05, 4.69) is 10.2 Å². The smallest absolute Gasteiger partial charge is 0.225 e. The maximum absolute atomic E-state index is 12.6. The highest BCUT2D eigenvalue weighted by Crippen LogP contribution is 2.26. The second-order valence-corrected chi connectivity index (χ2v) is 6.04. The number of rotatable bonds is 3. The van der Waals surface area contributed by atoms with Gasteiger partial charge >= 0.3 is 0 Å². The van der Waals surface area contributed by atoms with Crippen molar-refractivity contribution in [3.05, 3.63) is 0 Å². The molecule has 1 N–H and O–H groups in total. The molecule has 1 heterocycles. The molecule has 1 saturated heterocycles. The summed E-state index contributed by atoms with van der Waals surface area (Å²) in [5.74, 6) is 1.46. The van der Waals surface area contributed by atoms with E-state index in [4.69, 9.17) is 0 Å². The van der Waals surface area contributed by atoms with Crippen LogP contribution in [0.4, 0.5) is 0 Å². The van der Waals surface area contributed by atoms with Crippen molar-refractivity contribution in [3.8, 4) is 0 Å². The largest absolute Gasteiger partial charge is 0.342 e. The van der Waals surface area contributed by atoms with E-state index in [-0.39, 0.29) is 0 Å². The maximum Gasteiger partial charge on any atom is 0.225 e. The molecule has 0 aromatic carbocycles. The normalized spacial score (nSPS) is 26.9. The Labute approximate surface area is 111 Å².